The molecule has 0 radical (unpaired) electrons. The van der Waals surface area contributed by atoms with Crippen molar-refractivity contribution in [1.82, 2.24) is 10.2 Å². The quantitative estimate of drug-likeness (QED) is 0.798. The number of fused-ring (bicyclic) bond motifs is 1. The molecule has 0 aliphatic rings. The first-order valence-electron chi connectivity index (χ1n) is 6.18. The number of benzene rings is 2. The molecular weight excluding hydrogens is 311 g/mol. The molecule has 3 aromatic rings. The highest BCUT2D eigenvalue weighted by molar-refractivity contribution is 6.35. The standard InChI is InChI=1S/C15H10Cl2N2O2/c16-13-2-1-3-14(17)12(13)8-21-10-4-5-11-9(6-10)7-18-19-15(11)20/h1-7H,8H2,(H,19,20). The number of nitrogens with zero attached hydrogens (tertiary/aromatic N) is 1. The van der Waals surface area contributed by atoms with E-state index in [0.29, 0.717) is 26.6 Å². The molecule has 0 aliphatic carbocycles. The maximum Gasteiger partial charge on any atom is 0.272 e. The maximum absolute atomic E-state index is 11.6. The molecule has 1 heterocycles. The number of nitrogens with one attached hydrogen (secondary N) is 1. The van der Waals surface area contributed by atoms with Crippen LogP contribution < -0.4 is 10.3 Å². The van der Waals surface area contributed by atoms with Crippen molar-refractivity contribution in [3.05, 3.63) is 68.6 Å². The lowest BCUT2D eigenvalue weighted by Gasteiger charge is -2.09. The lowest BCUT2D eigenvalue weighted by atomic mass is 10.2. The average Bonchev–Trinajstić information content (AvgIpc) is 2.47. The van der Waals surface area contributed by atoms with Crippen molar-refractivity contribution in [3.8, 4) is 5.75 Å². The topological polar surface area (TPSA) is 55.0 Å². The zero-order valence-corrected chi connectivity index (χ0v) is 12.3. The van der Waals surface area contributed by atoms with Gasteiger partial charge in [-0.3, -0.25) is 4.79 Å². The van der Waals surface area contributed by atoms with Crippen molar-refractivity contribution < 1.29 is 4.74 Å². The van der Waals surface area contributed by atoms with Crippen LogP contribution in [0.3, 0.4) is 0 Å². The van der Waals surface area contributed by atoms with Crippen LogP contribution in [0.1, 0.15) is 5.56 Å². The number of aromatic nitrogens is 2. The van der Waals surface area contributed by atoms with E-state index in [1.165, 1.54) is 0 Å². The summed E-state index contributed by atoms with van der Waals surface area (Å²) in [6.07, 6.45) is 1.58. The molecule has 2 aromatic carbocycles. The van der Waals surface area contributed by atoms with Gasteiger partial charge in [0, 0.05) is 21.0 Å². The van der Waals surface area contributed by atoms with Crippen molar-refractivity contribution in [2.24, 2.45) is 0 Å². The van der Waals surface area contributed by atoms with E-state index in [0.717, 1.165) is 5.56 Å². The summed E-state index contributed by atoms with van der Waals surface area (Å²) in [5.74, 6) is 0.617. The third-order valence-electron chi connectivity index (χ3n) is 3.08. The Hall–Kier alpha value is -2.04. The zero-order chi connectivity index (χ0) is 14.8. The highest BCUT2D eigenvalue weighted by atomic mass is 35.5. The van der Waals surface area contributed by atoms with Gasteiger partial charge in [0.25, 0.3) is 5.56 Å². The molecule has 1 aromatic heterocycles. The second-order valence-corrected chi connectivity index (χ2v) is 5.25. The summed E-state index contributed by atoms with van der Waals surface area (Å²) in [6, 6.07) is 10.5. The first kappa shape index (κ1) is 13.9. The Morgan fingerprint density at radius 2 is 1.90 bits per heavy atom. The Kier molecular flexibility index (Phi) is 3.82. The van der Waals surface area contributed by atoms with Crippen LogP contribution in [0.15, 0.2) is 47.4 Å². The molecule has 1 N–H and O–H groups in total. The monoisotopic (exact) mass is 320 g/mol. The fourth-order valence-electron chi connectivity index (χ4n) is 1.99. The van der Waals surface area contributed by atoms with Gasteiger partial charge >= 0.3 is 0 Å². The summed E-state index contributed by atoms with van der Waals surface area (Å²) in [5, 5.41) is 8.54. The summed E-state index contributed by atoms with van der Waals surface area (Å²) in [4.78, 5) is 11.6. The number of halogens is 2. The van der Waals surface area contributed by atoms with E-state index in [1.54, 1.807) is 42.6 Å². The van der Waals surface area contributed by atoms with Gasteiger partial charge in [-0.25, -0.2) is 5.10 Å². The fraction of sp³-hybridized carbons (Fsp3) is 0.0667. The van der Waals surface area contributed by atoms with Crippen LogP contribution in [0.2, 0.25) is 10.0 Å². The van der Waals surface area contributed by atoms with Gasteiger partial charge in [-0.2, -0.15) is 5.10 Å². The molecule has 0 spiro atoms. The Labute approximate surface area is 130 Å². The summed E-state index contributed by atoms with van der Waals surface area (Å²) < 4.78 is 5.69. The van der Waals surface area contributed by atoms with Gasteiger partial charge in [0.1, 0.15) is 12.4 Å². The molecule has 3 rings (SSSR count). The van der Waals surface area contributed by atoms with E-state index in [4.69, 9.17) is 27.9 Å². The minimum atomic E-state index is -0.229. The van der Waals surface area contributed by atoms with Gasteiger partial charge < -0.3 is 4.74 Å². The SMILES string of the molecule is O=c1[nH]ncc2cc(OCc3c(Cl)cccc3Cl)ccc12. The predicted octanol–water partition coefficient (Wildman–Crippen LogP) is 3.81. The third kappa shape index (κ3) is 2.86. The Morgan fingerprint density at radius 1 is 1.14 bits per heavy atom. The Bertz CT molecular complexity index is 841. The molecule has 21 heavy (non-hydrogen) atoms. The minimum absolute atomic E-state index is 0.229. The van der Waals surface area contributed by atoms with Gasteiger partial charge in [0.15, 0.2) is 0 Å². The van der Waals surface area contributed by atoms with E-state index >= 15 is 0 Å². The zero-order valence-electron chi connectivity index (χ0n) is 10.8. The minimum Gasteiger partial charge on any atom is -0.489 e. The van der Waals surface area contributed by atoms with Crippen molar-refractivity contribution >= 4 is 34.0 Å². The molecule has 106 valence electrons. The highest BCUT2D eigenvalue weighted by Crippen LogP contribution is 2.26. The van der Waals surface area contributed by atoms with Gasteiger partial charge in [-0.05, 0) is 30.3 Å². The van der Waals surface area contributed by atoms with E-state index in [2.05, 4.69) is 10.2 Å². The van der Waals surface area contributed by atoms with Crippen LogP contribution in [0.5, 0.6) is 5.75 Å². The van der Waals surface area contributed by atoms with Gasteiger partial charge in [-0.1, -0.05) is 29.3 Å². The largest absolute Gasteiger partial charge is 0.489 e. The summed E-state index contributed by atoms with van der Waals surface area (Å²) in [7, 11) is 0. The lowest BCUT2D eigenvalue weighted by Crippen LogP contribution is -2.07. The van der Waals surface area contributed by atoms with E-state index in [-0.39, 0.29) is 12.2 Å². The average molecular weight is 321 g/mol. The molecule has 0 amide bonds. The van der Waals surface area contributed by atoms with E-state index in [1.807, 2.05) is 0 Å². The van der Waals surface area contributed by atoms with Crippen molar-refractivity contribution in [1.29, 1.82) is 0 Å². The van der Waals surface area contributed by atoms with Crippen LogP contribution in [0.25, 0.3) is 10.8 Å². The van der Waals surface area contributed by atoms with Crippen molar-refractivity contribution in [3.63, 3.8) is 0 Å². The van der Waals surface area contributed by atoms with Crippen LogP contribution in [0.4, 0.5) is 0 Å². The highest BCUT2D eigenvalue weighted by Gasteiger charge is 2.07. The van der Waals surface area contributed by atoms with E-state index < -0.39 is 0 Å². The summed E-state index contributed by atoms with van der Waals surface area (Å²) in [6.45, 7) is 0.251. The number of hydrogen-bond acceptors (Lipinski definition) is 3. The molecule has 6 heteroatoms. The molecule has 4 nitrogen and oxygen atoms in total. The molecule has 0 atom stereocenters. The summed E-state index contributed by atoms with van der Waals surface area (Å²) >= 11 is 12.2. The normalized spacial score (nSPS) is 10.8. The molecule has 0 fully saturated rings. The van der Waals surface area contributed by atoms with Crippen LogP contribution >= 0.6 is 23.2 Å². The number of ether oxygens (including phenoxy) is 1. The molecular formula is C15H10Cl2N2O2. The van der Waals surface area contributed by atoms with Gasteiger partial charge in [0.05, 0.1) is 11.6 Å². The molecule has 0 saturated heterocycles. The van der Waals surface area contributed by atoms with Crippen molar-refractivity contribution in [2.45, 2.75) is 6.61 Å². The van der Waals surface area contributed by atoms with Gasteiger partial charge in [0.2, 0.25) is 0 Å². The smallest absolute Gasteiger partial charge is 0.272 e. The van der Waals surface area contributed by atoms with E-state index in [9.17, 15) is 4.79 Å². The van der Waals surface area contributed by atoms with Crippen molar-refractivity contribution in [2.75, 3.05) is 0 Å². The molecule has 0 aliphatic heterocycles. The molecule has 0 bridgehead atoms. The lowest BCUT2D eigenvalue weighted by molar-refractivity contribution is 0.307. The third-order valence-corrected chi connectivity index (χ3v) is 3.79. The number of H-pyrrole nitrogens is 1. The number of hydrogen-bond donors (Lipinski definition) is 1. The Morgan fingerprint density at radius 3 is 2.67 bits per heavy atom. The second kappa shape index (κ2) is 5.76. The van der Waals surface area contributed by atoms with Crippen LogP contribution in [-0.2, 0) is 6.61 Å². The van der Waals surface area contributed by atoms with Crippen LogP contribution in [0, 0.1) is 0 Å². The van der Waals surface area contributed by atoms with Gasteiger partial charge in [-0.15, -0.1) is 0 Å². The Balaban J connectivity index is 1.87. The predicted molar refractivity (Wildman–Crippen MR) is 83.2 cm³/mol. The second-order valence-electron chi connectivity index (χ2n) is 4.44. The first-order chi connectivity index (χ1) is 10.1. The molecule has 0 saturated carbocycles. The maximum atomic E-state index is 11.6. The number of aromatic amines is 1. The molecule has 0 unspecified atom stereocenters. The fourth-order valence-corrected chi connectivity index (χ4v) is 2.50. The summed E-state index contributed by atoms with van der Waals surface area (Å²) in [5.41, 5.74) is 0.498. The first-order valence-corrected chi connectivity index (χ1v) is 6.94. The number of rotatable bonds is 3. The van der Waals surface area contributed by atoms with Crippen LogP contribution in [-0.4, -0.2) is 10.2 Å².